The maximum atomic E-state index is 12.8. The van der Waals surface area contributed by atoms with Crippen LogP contribution in [0.25, 0.3) is 0 Å². The molecule has 5 nitrogen and oxygen atoms in total. The molecule has 1 N–H and O–H groups in total. The van der Waals surface area contributed by atoms with Crippen LogP contribution in [0.15, 0.2) is 42.5 Å². The summed E-state index contributed by atoms with van der Waals surface area (Å²) in [5.41, 5.74) is -0.760. The maximum Gasteiger partial charge on any atom is 0.416 e. The Bertz CT molecular complexity index is 998. The largest absolute Gasteiger partial charge is 0.416 e. The van der Waals surface area contributed by atoms with E-state index in [1.165, 1.54) is 6.07 Å². The van der Waals surface area contributed by atoms with Crippen molar-refractivity contribution in [1.29, 1.82) is 0 Å². The van der Waals surface area contributed by atoms with Crippen LogP contribution in [0.1, 0.15) is 18.4 Å². The Morgan fingerprint density at radius 1 is 1.14 bits per heavy atom. The van der Waals surface area contributed by atoms with Crippen LogP contribution in [0.3, 0.4) is 0 Å². The molecule has 11 heteroatoms. The first-order valence-electron chi connectivity index (χ1n) is 8.28. The average molecular weight is 469 g/mol. The molecule has 158 valence electrons. The van der Waals surface area contributed by atoms with E-state index in [2.05, 4.69) is 5.32 Å². The molecule has 0 aliphatic heterocycles. The van der Waals surface area contributed by atoms with Gasteiger partial charge < -0.3 is 5.32 Å². The van der Waals surface area contributed by atoms with E-state index in [0.717, 1.165) is 28.8 Å². The number of carbonyl (C=O) groups excluding carboxylic acids is 1. The smallest absolute Gasteiger partial charge is 0.325 e. The van der Waals surface area contributed by atoms with Crippen LogP contribution in [0.5, 0.6) is 0 Å². The van der Waals surface area contributed by atoms with Crippen molar-refractivity contribution in [2.24, 2.45) is 0 Å². The Kier molecular flexibility index (Phi) is 7.42. The van der Waals surface area contributed by atoms with Crippen molar-refractivity contribution >= 4 is 50.5 Å². The van der Waals surface area contributed by atoms with Crippen molar-refractivity contribution < 1.29 is 26.4 Å². The standard InChI is InChI=1S/C18H17Cl2F3N2O3S/c1-29(27,28)25(14-5-2-4-13(19)11-14)9-3-6-17(26)24-16-10-12(18(21,22)23)7-8-15(16)20/h2,4-5,7-8,10-11H,3,6,9H2,1H3,(H,24,26). The summed E-state index contributed by atoms with van der Waals surface area (Å²) in [5.74, 6) is -0.592. The lowest BCUT2D eigenvalue weighted by Gasteiger charge is -2.22. The Hall–Kier alpha value is -1.97. The fraction of sp³-hybridized carbons (Fsp3) is 0.278. The molecule has 0 saturated heterocycles. The van der Waals surface area contributed by atoms with E-state index in [4.69, 9.17) is 23.2 Å². The van der Waals surface area contributed by atoms with E-state index >= 15 is 0 Å². The molecular formula is C18H17Cl2F3N2O3S. The third-order valence-electron chi connectivity index (χ3n) is 3.83. The van der Waals surface area contributed by atoms with Crippen molar-refractivity contribution in [3.05, 3.63) is 58.1 Å². The minimum atomic E-state index is -4.57. The molecule has 1 amide bonds. The van der Waals surface area contributed by atoms with Crippen LogP contribution in [0.4, 0.5) is 24.5 Å². The molecule has 0 atom stereocenters. The highest BCUT2D eigenvalue weighted by molar-refractivity contribution is 7.92. The number of carbonyl (C=O) groups is 1. The zero-order valence-electron chi connectivity index (χ0n) is 15.1. The highest BCUT2D eigenvalue weighted by Gasteiger charge is 2.31. The van der Waals surface area contributed by atoms with Gasteiger partial charge in [-0.25, -0.2) is 8.42 Å². The van der Waals surface area contributed by atoms with E-state index in [1.807, 2.05) is 0 Å². The predicted molar refractivity (Wildman–Crippen MR) is 108 cm³/mol. The van der Waals surface area contributed by atoms with Gasteiger partial charge in [0.2, 0.25) is 15.9 Å². The number of nitrogens with zero attached hydrogens (tertiary/aromatic N) is 1. The first-order chi connectivity index (χ1) is 13.4. The number of halogens is 5. The lowest BCUT2D eigenvalue weighted by molar-refractivity contribution is -0.137. The Morgan fingerprint density at radius 3 is 2.41 bits per heavy atom. The summed E-state index contributed by atoms with van der Waals surface area (Å²) in [6.07, 6.45) is -3.55. The summed E-state index contributed by atoms with van der Waals surface area (Å²) in [5, 5.41) is 2.64. The molecule has 0 aromatic heterocycles. The van der Waals surface area contributed by atoms with E-state index in [-0.39, 0.29) is 30.1 Å². The Balaban J connectivity index is 2.03. The maximum absolute atomic E-state index is 12.8. The van der Waals surface area contributed by atoms with Gasteiger partial charge in [-0.3, -0.25) is 9.10 Å². The van der Waals surface area contributed by atoms with Gasteiger partial charge in [-0.2, -0.15) is 13.2 Å². The van der Waals surface area contributed by atoms with Crippen LogP contribution in [0.2, 0.25) is 10.0 Å². The molecule has 0 aliphatic carbocycles. The molecular weight excluding hydrogens is 452 g/mol. The summed E-state index contributed by atoms with van der Waals surface area (Å²) in [6.45, 7) is -0.0110. The van der Waals surface area contributed by atoms with Gasteiger partial charge >= 0.3 is 6.18 Å². The molecule has 0 radical (unpaired) electrons. The van der Waals surface area contributed by atoms with Crippen LogP contribution in [-0.4, -0.2) is 27.1 Å². The number of amides is 1. The lowest BCUT2D eigenvalue weighted by Crippen LogP contribution is -2.31. The normalized spacial score (nSPS) is 11.9. The number of hydrogen-bond donors (Lipinski definition) is 1. The topological polar surface area (TPSA) is 66.5 Å². The third-order valence-corrected chi connectivity index (χ3v) is 5.59. The van der Waals surface area contributed by atoms with Gasteiger partial charge in [0.15, 0.2) is 0 Å². The molecule has 2 aromatic rings. The minimum absolute atomic E-state index is 0.0110. The molecule has 0 unspecified atom stereocenters. The zero-order chi connectivity index (χ0) is 21.8. The SMILES string of the molecule is CS(=O)(=O)N(CCCC(=O)Nc1cc(C(F)(F)F)ccc1Cl)c1cccc(Cl)c1. The van der Waals surface area contributed by atoms with Gasteiger partial charge in [0.05, 0.1) is 28.2 Å². The number of nitrogens with one attached hydrogen (secondary N) is 1. The summed E-state index contributed by atoms with van der Waals surface area (Å²) < 4.78 is 63.6. The molecule has 0 fully saturated rings. The molecule has 29 heavy (non-hydrogen) atoms. The number of sulfonamides is 1. The van der Waals surface area contributed by atoms with Gasteiger partial charge in [0.25, 0.3) is 0 Å². The van der Waals surface area contributed by atoms with Crippen molar-refractivity contribution in [2.45, 2.75) is 19.0 Å². The van der Waals surface area contributed by atoms with E-state index < -0.39 is 27.7 Å². The summed E-state index contributed by atoms with van der Waals surface area (Å²) in [4.78, 5) is 12.1. The van der Waals surface area contributed by atoms with Gasteiger partial charge in [-0.05, 0) is 42.8 Å². The predicted octanol–water partition coefficient (Wildman–Crippen LogP) is 5.20. The van der Waals surface area contributed by atoms with Gasteiger partial charge in [0.1, 0.15) is 0 Å². The van der Waals surface area contributed by atoms with Crippen molar-refractivity contribution in [1.82, 2.24) is 0 Å². The summed E-state index contributed by atoms with van der Waals surface area (Å²) in [6, 6.07) is 8.84. The summed E-state index contributed by atoms with van der Waals surface area (Å²) >= 11 is 11.7. The van der Waals surface area contributed by atoms with E-state index in [1.54, 1.807) is 18.2 Å². The molecule has 0 saturated carbocycles. The zero-order valence-corrected chi connectivity index (χ0v) is 17.5. The second-order valence-corrected chi connectivity index (χ2v) is 8.91. The molecule has 0 spiro atoms. The molecule has 0 heterocycles. The highest BCUT2D eigenvalue weighted by Crippen LogP contribution is 2.34. The first-order valence-corrected chi connectivity index (χ1v) is 10.9. The Labute approximate surface area is 176 Å². The fourth-order valence-electron chi connectivity index (χ4n) is 2.51. The highest BCUT2D eigenvalue weighted by atomic mass is 35.5. The number of alkyl halides is 3. The van der Waals surface area contributed by atoms with Crippen molar-refractivity contribution in [3.63, 3.8) is 0 Å². The second kappa shape index (κ2) is 9.23. The number of rotatable bonds is 7. The minimum Gasteiger partial charge on any atom is -0.325 e. The quantitative estimate of drug-likeness (QED) is 0.607. The first kappa shape index (κ1) is 23.3. The summed E-state index contributed by atoms with van der Waals surface area (Å²) in [7, 11) is -3.62. The van der Waals surface area contributed by atoms with Gasteiger partial charge in [-0.1, -0.05) is 29.3 Å². The second-order valence-electron chi connectivity index (χ2n) is 6.16. The average Bonchev–Trinajstić information content (AvgIpc) is 2.58. The number of hydrogen-bond acceptors (Lipinski definition) is 3. The third kappa shape index (κ3) is 6.80. The van der Waals surface area contributed by atoms with Crippen molar-refractivity contribution in [3.8, 4) is 0 Å². The fourth-order valence-corrected chi connectivity index (χ4v) is 3.82. The molecule has 0 bridgehead atoms. The molecule has 2 aromatic carbocycles. The van der Waals surface area contributed by atoms with E-state index in [0.29, 0.717) is 10.7 Å². The number of benzene rings is 2. The van der Waals surface area contributed by atoms with E-state index in [9.17, 15) is 26.4 Å². The molecule has 2 rings (SSSR count). The van der Waals surface area contributed by atoms with Gasteiger partial charge in [0, 0.05) is 18.0 Å². The van der Waals surface area contributed by atoms with Crippen LogP contribution in [-0.2, 0) is 21.0 Å². The lowest BCUT2D eigenvalue weighted by atomic mass is 10.2. The monoisotopic (exact) mass is 468 g/mol. The number of anilines is 2. The van der Waals surface area contributed by atoms with Crippen molar-refractivity contribution in [2.75, 3.05) is 22.4 Å². The molecule has 0 aliphatic rings. The van der Waals surface area contributed by atoms with Gasteiger partial charge in [-0.15, -0.1) is 0 Å². The van der Waals surface area contributed by atoms with Crippen LogP contribution < -0.4 is 9.62 Å². The van der Waals surface area contributed by atoms with Crippen LogP contribution >= 0.6 is 23.2 Å². The Morgan fingerprint density at radius 2 is 1.83 bits per heavy atom. The van der Waals surface area contributed by atoms with Crippen LogP contribution in [0, 0.1) is 0 Å².